The van der Waals surface area contributed by atoms with Crippen LogP contribution in [-0.2, 0) is 11.0 Å². The van der Waals surface area contributed by atoms with Gasteiger partial charge in [-0.3, -0.25) is 14.6 Å². The molecule has 182 valence electrons. The molecule has 0 aliphatic carbocycles. The Balaban J connectivity index is 1.62. The third-order valence-corrected chi connectivity index (χ3v) is 5.06. The zero-order chi connectivity index (χ0) is 25.9. The van der Waals surface area contributed by atoms with Crippen molar-refractivity contribution in [2.75, 3.05) is 10.6 Å². The molecule has 0 aliphatic heterocycles. The molecule has 3 aromatic heterocycles. The molecule has 0 saturated carbocycles. The van der Waals surface area contributed by atoms with Gasteiger partial charge in [-0.05, 0) is 55.0 Å². The van der Waals surface area contributed by atoms with Gasteiger partial charge in [-0.2, -0.15) is 13.2 Å². The first-order valence-corrected chi connectivity index (χ1v) is 10.6. The highest BCUT2D eigenvalue weighted by Crippen LogP contribution is 2.29. The number of carbonyl (C=O) groups is 2. The summed E-state index contributed by atoms with van der Waals surface area (Å²) in [4.78, 5) is 40.2. The van der Waals surface area contributed by atoms with Crippen LogP contribution < -0.4 is 10.6 Å². The Morgan fingerprint density at radius 1 is 0.861 bits per heavy atom. The van der Waals surface area contributed by atoms with Crippen molar-refractivity contribution >= 4 is 23.3 Å². The lowest BCUT2D eigenvalue weighted by Crippen LogP contribution is -2.15. The lowest BCUT2D eigenvalue weighted by Gasteiger charge is -2.12. The fourth-order valence-corrected chi connectivity index (χ4v) is 3.37. The number of alkyl halides is 3. The highest BCUT2D eigenvalue weighted by Gasteiger charge is 2.33. The summed E-state index contributed by atoms with van der Waals surface area (Å²) in [5.74, 6) is -0.208. The molecule has 3 heterocycles. The molecule has 2 amide bonds. The van der Waals surface area contributed by atoms with E-state index in [1.807, 2.05) is 6.92 Å². The van der Waals surface area contributed by atoms with E-state index in [9.17, 15) is 22.8 Å². The van der Waals surface area contributed by atoms with E-state index in [-0.39, 0.29) is 11.5 Å². The van der Waals surface area contributed by atoms with Gasteiger partial charge in [-0.25, -0.2) is 15.0 Å². The Morgan fingerprint density at radius 3 is 2.36 bits per heavy atom. The first-order chi connectivity index (χ1) is 17.1. The monoisotopic (exact) mass is 492 g/mol. The fraction of sp³-hybridized carbons (Fsp3) is 0.120. The van der Waals surface area contributed by atoms with Crippen molar-refractivity contribution < 1.29 is 22.8 Å². The van der Waals surface area contributed by atoms with Crippen LogP contribution in [0, 0.1) is 6.92 Å². The number of nitrogens with one attached hydrogen (secondary N) is 2. The average molecular weight is 492 g/mol. The second kappa shape index (κ2) is 9.90. The molecule has 0 unspecified atom stereocenters. The molecule has 4 rings (SSSR count). The highest BCUT2D eigenvalue weighted by atomic mass is 19.4. The van der Waals surface area contributed by atoms with Gasteiger partial charge in [0.15, 0.2) is 5.82 Å². The summed E-state index contributed by atoms with van der Waals surface area (Å²) in [7, 11) is 0. The molecule has 0 saturated heterocycles. The van der Waals surface area contributed by atoms with Crippen LogP contribution in [0.15, 0.2) is 67.1 Å². The minimum Gasteiger partial charge on any atom is -0.322 e. The summed E-state index contributed by atoms with van der Waals surface area (Å²) >= 11 is 0. The highest BCUT2D eigenvalue weighted by molar-refractivity contribution is 6.04. The lowest BCUT2D eigenvalue weighted by molar-refractivity contribution is -0.141. The molecule has 0 aliphatic rings. The number of carbonyl (C=O) groups excluding carboxylic acids is 2. The molecule has 2 N–H and O–H groups in total. The van der Waals surface area contributed by atoms with Crippen molar-refractivity contribution in [3.63, 3.8) is 0 Å². The molecular formula is C25H19F3N6O2. The summed E-state index contributed by atoms with van der Waals surface area (Å²) in [6, 6.07) is 12.1. The summed E-state index contributed by atoms with van der Waals surface area (Å²) in [6.45, 7) is 3.24. The zero-order valence-corrected chi connectivity index (χ0v) is 19.1. The third kappa shape index (κ3) is 5.69. The van der Waals surface area contributed by atoms with Crippen molar-refractivity contribution in [1.82, 2.24) is 19.9 Å². The van der Waals surface area contributed by atoms with E-state index in [0.29, 0.717) is 40.2 Å². The molecule has 0 fully saturated rings. The average Bonchev–Trinajstić information content (AvgIpc) is 2.84. The van der Waals surface area contributed by atoms with Gasteiger partial charge in [0, 0.05) is 47.9 Å². The summed E-state index contributed by atoms with van der Waals surface area (Å²) in [5.41, 5.74) is 1.81. The molecule has 4 aromatic rings. The molecule has 0 radical (unpaired) electrons. The Kier molecular flexibility index (Phi) is 6.73. The van der Waals surface area contributed by atoms with E-state index >= 15 is 0 Å². The first kappa shape index (κ1) is 24.5. The van der Waals surface area contributed by atoms with Gasteiger partial charge in [-0.15, -0.1) is 0 Å². The number of hydrogen-bond donors (Lipinski definition) is 2. The number of anilines is 2. The number of aromatic nitrogens is 4. The molecule has 36 heavy (non-hydrogen) atoms. The molecule has 11 heteroatoms. The van der Waals surface area contributed by atoms with Crippen LogP contribution in [0.5, 0.6) is 0 Å². The van der Waals surface area contributed by atoms with E-state index in [1.165, 1.54) is 19.2 Å². The van der Waals surface area contributed by atoms with Gasteiger partial charge >= 0.3 is 6.18 Å². The molecule has 0 atom stereocenters. The second-order valence-electron chi connectivity index (χ2n) is 7.79. The molecular weight excluding hydrogens is 473 g/mol. The Morgan fingerprint density at radius 2 is 1.61 bits per heavy atom. The van der Waals surface area contributed by atoms with Crippen LogP contribution in [0.3, 0.4) is 0 Å². The Bertz CT molecular complexity index is 1460. The fourth-order valence-electron chi connectivity index (χ4n) is 3.37. The van der Waals surface area contributed by atoms with Crippen molar-refractivity contribution in [1.29, 1.82) is 0 Å². The van der Waals surface area contributed by atoms with Gasteiger partial charge in [-0.1, -0.05) is 6.07 Å². The van der Waals surface area contributed by atoms with Crippen LogP contribution in [0.1, 0.15) is 28.5 Å². The molecule has 1 aromatic carbocycles. The maximum absolute atomic E-state index is 12.9. The largest absolute Gasteiger partial charge is 0.433 e. The van der Waals surface area contributed by atoms with Crippen molar-refractivity contribution in [3.8, 4) is 22.6 Å². The third-order valence-electron chi connectivity index (χ3n) is 5.06. The number of hydrogen-bond acceptors (Lipinski definition) is 6. The van der Waals surface area contributed by atoms with Crippen LogP contribution in [-0.4, -0.2) is 31.8 Å². The van der Waals surface area contributed by atoms with Crippen LogP contribution >= 0.6 is 0 Å². The van der Waals surface area contributed by atoms with Gasteiger partial charge in [0.2, 0.25) is 5.91 Å². The van der Waals surface area contributed by atoms with Crippen LogP contribution in [0.25, 0.3) is 22.6 Å². The zero-order valence-electron chi connectivity index (χ0n) is 19.1. The smallest absolute Gasteiger partial charge is 0.322 e. The number of rotatable bonds is 5. The SMILES string of the molecule is CC(=O)Nc1cc(-c2nccc(-c3cc(NC(=O)c4ccnc(C(F)(F)F)c4)ccc3C)n2)ccn1. The predicted octanol–water partition coefficient (Wildman–Crippen LogP) is 5.14. The quantitative estimate of drug-likeness (QED) is 0.399. The second-order valence-corrected chi connectivity index (χ2v) is 7.79. The Hall–Kier alpha value is -4.67. The number of benzene rings is 1. The van der Waals surface area contributed by atoms with Gasteiger partial charge in [0.05, 0.1) is 5.69 Å². The van der Waals surface area contributed by atoms with Crippen molar-refractivity contribution in [3.05, 3.63) is 83.9 Å². The minimum absolute atomic E-state index is 0.170. The molecule has 8 nitrogen and oxygen atoms in total. The normalized spacial score (nSPS) is 11.1. The maximum Gasteiger partial charge on any atom is 0.433 e. The van der Waals surface area contributed by atoms with Crippen molar-refractivity contribution in [2.24, 2.45) is 0 Å². The lowest BCUT2D eigenvalue weighted by atomic mass is 10.0. The number of halogens is 3. The van der Waals surface area contributed by atoms with E-state index in [1.54, 1.807) is 42.6 Å². The number of amides is 2. The predicted molar refractivity (Wildman–Crippen MR) is 127 cm³/mol. The maximum atomic E-state index is 12.9. The molecule has 0 spiro atoms. The van der Waals surface area contributed by atoms with E-state index in [0.717, 1.165) is 11.8 Å². The van der Waals surface area contributed by atoms with E-state index in [2.05, 4.69) is 30.6 Å². The minimum atomic E-state index is -4.66. The summed E-state index contributed by atoms with van der Waals surface area (Å²) in [6.07, 6.45) is -0.606. The van der Waals surface area contributed by atoms with Gasteiger partial charge < -0.3 is 10.6 Å². The van der Waals surface area contributed by atoms with Gasteiger partial charge in [0.1, 0.15) is 11.5 Å². The van der Waals surface area contributed by atoms with Crippen LogP contribution in [0.4, 0.5) is 24.7 Å². The number of aryl methyl sites for hydroxylation is 1. The topological polar surface area (TPSA) is 110 Å². The van der Waals surface area contributed by atoms with E-state index in [4.69, 9.17) is 0 Å². The standard InChI is InChI=1S/C25H19F3N6O2/c1-14-3-4-18(33-24(36)17-6-8-29-21(11-17)25(26,27)28)13-19(14)20-7-10-31-23(34-20)16-5-9-30-22(12-16)32-15(2)35/h3-13H,1-2H3,(H,33,36)(H,30,32,35). The summed E-state index contributed by atoms with van der Waals surface area (Å²) < 4.78 is 38.8. The van der Waals surface area contributed by atoms with Crippen LogP contribution in [0.2, 0.25) is 0 Å². The van der Waals surface area contributed by atoms with Gasteiger partial charge in [0.25, 0.3) is 5.91 Å². The Labute approximate surface area is 203 Å². The molecule has 0 bridgehead atoms. The van der Waals surface area contributed by atoms with E-state index < -0.39 is 17.8 Å². The number of pyridine rings is 2. The first-order valence-electron chi connectivity index (χ1n) is 10.6. The van der Waals surface area contributed by atoms with Crippen molar-refractivity contribution in [2.45, 2.75) is 20.0 Å². The summed E-state index contributed by atoms with van der Waals surface area (Å²) in [5, 5.41) is 5.23. The number of nitrogens with zero attached hydrogens (tertiary/aromatic N) is 4.